The largest absolute Gasteiger partial charge is 0.497 e. The number of carboxylic acids is 1. The lowest BCUT2D eigenvalue weighted by molar-refractivity contribution is -0.137. The number of ether oxygens (including phenoxy) is 1. The minimum absolute atomic E-state index is 0.193. The van der Waals surface area contributed by atoms with Crippen molar-refractivity contribution >= 4 is 16.0 Å². The third-order valence-corrected chi connectivity index (χ3v) is 4.46. The van der Waals surface area contributed by atoms with Crippen LogP contribution in [0.2, 0.25) is 0 Å². The molecule has 0 saturated carbocycles. The van der Waals surface area contributed by atoms with Crippen molar-refractivity contribution in [1.29, 1.82) is 0 Å². The Morgan fingerprint density at radius 1 is 1.40 bits per heavy atom. The van der Waals surface area contributed by atoms with E-state index in [1.54, 1.807) is 31.2 Å². The Balaban J connectivity index is 2.92. The van der Waals surface area contributed by atoms with Gasteiger partial charge in [0.2, 0.25) is 10.0 Å². The first-order chi connectivity index (χ1) is 9.39. The molecule has 7 heteroatoms. The molecule has 0 aliphatic carbocycles. The molecule has 0 bridgehead atoms. The number of rotatable bonds is 8. The molecule has 1 aromatic rings. The molecule has 112 valence electrons. The van der Waals surface area contributed by atoms with E-state index in [4.69, 9.17) is 9.84 Å². The van der Waals surface area contributed by atoms with Gasteiger partial charge in [0, 0.05) is 6.54 Å². The standard InChI is InChI=1S/C13H19NO5S/c1-3-7-14(9-13(15)16)20(17,18)10-11-5-4-6-12(8-11)19-2/h4-6,8H,3,7,9-10H2,1-2H3,(H,15,16). The molecule has 1 rings (SSSR count). The average molecular weight is 301 g/mol. The summed E-state index contributed by atoms with van der Waals surface area (Å²) in [6.45, 7) is 1.48. The Bertz CT molecular complexity index is 556. The highest BCUT2D eigenvalue weighted by atomic mass is 32.2. The summed E-state index contributed by atoms with van der Waals surface area (Å²) in [6.07, 6.45) is 0.560. The van der Waals surface area contributed by atoms with Crippen LogP contribution >= 0.6 is 0 Å². The summed E-state index contributed by atoms with van der Waals surface area (Å²) in [7, 11) is -2.16. The first-order valence-electron chi connectivity index (χ1n) is 6.21. The Hall–Kier alpha value is -1.60. The lowest BCUT2D eigenvalue weighted by atomic mass is 10.2. The van der Waals surface area contributed by atoms with Crippen molar-refractivity contribution in [3.8, 4) is 5.75 Å². The number of hydrogen-bond acceptors (Lipinski definition) is 4. The summed E-state index contributed by atoms with van der Waals surface area (Å²) in [5.41, 5.74) is 0.566. The maximum atomic E-state index is 12.2. The Morgan fingerprint density at radius 3 is 2.65 bits per heavy atom. The zero-order valence-electron chi connectivity index (χ0n) is 11.6. The third-order valence-electron chi connectivity index (χ3n) is 2.66. The van der Waals surface area contributed by atoms with Crippen molar-refractivity contribution in [3.63, 3.8) is 0 Å². The van der Waals surface area contributed by atoms with Gasteiger partial charge in [-0.05, 0) is 24.1 Å². The van der Waals surface area contributed by atoms with Crippen LogP contribution < -0.4 is 4.74 Å². The summed E-state index contributed by atoms with van der Waals surface area (Å²) < 4.78 is 30.5. The van der Waals surface area contributed by atoms with Crippen LogP contribution in [0.5, 0.6) is 5.75 Å². The second-order valence-corrected chi connectivity index (χ2v) is 6.30. The third kappa shape index (κ3) is 4.82. The highest BCUT2D eigenvalue weighted by Crippen LogP contribution is 2.17. The van der Waals surface area contributed by atoms with Crippen LogP contribution in [0.1, 0.15) is 18.9 Å². The fraction of sp³-hybridized carbons (Fsp3) is 0.462. The van der Waals surface area contributed by atoms with Crippen molar-refractivity contribution in [1.82, 2.24) is 4.31 Å². The predicted octanol–water partition coefficient (Wildman–Crippen LogP) is 1.32. The topological polar surface area (TPSA) is 83.9 Å². The van der Waals surface area contributed by atoms with E-state index in [0.29, 0.717) is 17.7 Å². The quantitative estimate of drug-likeness (QED) is 0.783. The molecule has 0 unspecified atom stereocenters. The number of carbonyl (C=O) groups is 1. The SMILES string of the molecule is CCCN(CC(=O)O)S(=O)(=O)Cc1cccc(OC)c1. The first kappa shape index (κ1) is 16.5. The second kappa shape index (κ2) is 7.25. The van der Waals surface area contributed by atoms with Crippen LogP contribution in [0.25, 0.3) is 0 Å². The van der Waals surface area contributed by atoms with E-state index in [1.807, 2.05) is 0 Å². The highest BCUT2D eigenvalue weighted by molar-refractivity contribution is 7.88. The van der Waals surface area contributed by atoms with E-state index in [1.165, 1.54) is 7.11 Å². The highest BCUT2D eigenvalue weighted by Gasteiger charge is 2.24. The Morgan fingerprint density at radius 2 is 2.10 bits per heavy atom. The number of carboxylic acid groups (broad SMARTS) is 1. The molecule has 0 aliphatic rings. The summed E-state index contributed by atoms with van der Waals surface area (Å²) in [4.78, 5) is 10.8. The molecule has 0 fully saturated rings. The molecule has 0 saturated heterocycles. The minimum atomic E-state index is -3.66. The minimum Gasteiger partial charge on any atom is -0.497 e. The van der Waals surface area contributed by atoms with Gasteiger partial charge in [0.15, 0.2) is 0 Å². The molecular weight excluding hydrogens is 282 g/mol. The molecule has 0 spiro atoms. The fourth-order valence-electron chi connectivity index (χ4n) is 1.78. The van der Waals surface area contributed by atoms with Gasteiger partial charge in [0.05, 0.1) is 12.9 Å². The van der Waals surface area contributed by atoms with Crippen molar-refractivity contribution in [2.75, 3.05) is 20.2 Å². The van der Waals surface area contributed by atoms with E-state index in [9.17, 15) is 13.2 Å². The van der Waals surface area contributed by atoms with Gasteiger partial charge in [-0.15, -0.1) is 0 Å². The number of sulfonamides is 1. The lowest BCUT2D eigenvalue weighted by Gasteiger charge is -2.19. The molecule has 1 N–H and O–H groups in total. The van der Waals surface area contributed by atoms with E-state index in [2.05, 4.69) is 0 Å². The molecule has 0 aromatic heterocycles. The van der Waals surface area contributed by atoms with Gasteiger partial charge in [0.25, 0.3) is 0 Å². The zero-order valence-corrected chi connectivity index (χ0v) is 12.4. The predicted molar refractivity (Wildman–Crippen MR) is 75.1 cm³/mol. The zero-order chi connectivity index (χ0) is 15.2. The van der Waals surface area contributed by atoms with E-state index < -0.39 is 22.5 Å². The number of nitrogens with zero attached hydrogens (tertiary/aromatic N) is 1. The molecule has 0 radical (unpaired) electrons. The molecule has 6 nitrogen and oxygen atoms in total. The summed E-state index contributed by atoms with van der Waals surface area (Å²) in [5.74, 6) is -0.831. The molecule has 0 heterocycles. The van der Waals surface area contributed by atoms with Gasteiger partial charge in [-0.25, -0.2) is 8.42 Å². The molecule has 20 heavy (non-hydrogen) atoms. The van der Waals surface area contributed by atoms with Crippen LogP contribution in [0.15, 0.2) is 24.3 Å². The van der Waals surface area contributed by atoms with Crippen molar-refractivity contribution in [3.05, 3.63) is 29.8 Å². The van der Waals surface area contributed by atoms with Gasteiger partial charge < -0.3 is 9.84 Å². The molecule has 0 atom stereocenters. The monoisotopic (exact) mass is 301 g/mol. The maximum absolute atomic E-state index is 12.2. The van der Waals surface area contributed by atoms with Crippen molar-refractivity contribution in [2.24, 2.45) is 0 Å². The molecule has 0 amide bonds. The van der Waals surface area contributed by atoms with E-state index >= 15 is 0 Å². The average Bonchev–Trinajstić information content (AvgIpc) is 2.37. The molecule has 0 aliphatic heterocycles. The summed E-state index contributed by atoms with van der Waals surface area (Å²) in [5, 5.41) is 8.80. The molecule has 1 aromatic carbocycles. The van der Waals surface area contributed by atoms with Gasteiger partial charge in [0.1, 0.15) is 12.3 Å². The smallest absolute Gasteiger partial charge is 0.318 e. The van der Waals surface area contributed by atoms with Crippen LogP contribution in [0.4, 0.5) is 0 Å². The van der Waals surface area contributed by atoms with Gasteiger partial charge in [-0.1, -0.05) is 19.1 Å². The number of benzene rings is 1. The number of hydrogen-bond donors (Lipinski definition) is 1. The Labute approximate surface area is 119 Å². The first-order valence-corrected chi connectivity index (χ1v) is 7.82. The normalized spacial score (nSPS) is 11.6. The summed E-state index contributed by atoms with van der Waals surface area (Å²) >= 11 is 0. The van der Waals surface area contributed by atoms with Crippen LogP contribution in [-0.4, -0.2) is 44.0 Å². The maximum Gasteiger partial charge on any atom is 0.318 e. The second-order valence-electron chi connectivity index (χ2n) is 4.34. The number of methoxy groups -OCH3 is 1. The Kier molecular flexibility index (Phi) is 5.97. The van der Waals surface area contributed by atoms with Gasteiger partial charge in [-0.2, -0.15) is 4.31 Å². The van der Waals surface area contributed by atoms with E-state index in [-0.39, 0.29) is 12.3 Å². The van der Waals surface area contributed by atoms with Crippen LogP contribution in [0, 0.1) is 0 Å². The number of aliphatic carboxylic acids is 1. The van der Waals surface area contributed by atoms with Crippen molar-refractivity contribution in [2.45, 2.75) is 19.1 Å². The van der Waals surface area contributed by atoms with Gasteiger partial charge >= 0.3 is 5.97 Å². The fourth-order valence-corrected chi connectivity index (χ4v) is 3.33. The van der Waals surface area contributed by atoms with Crippen molar-refractivity contribution < 1.29 is 23.1 Å². The van der Waals surface area contributed by atoms with E-state index in [0.717, 1.165) is 4.31 Å². The lowest BCUT2D eigenvalue weighted by Crippen LogP contribution is -2.37. The molecular formula is C13H19NO5S. The van der Waals surface area contributed by atoms with Crippen LogP contribution in [0.3, 0.4) is 0 Å². The van der Waals surface area contributed by atoms with Crippen LogP contribution in [-0.2, 0) is 20.6 Å². The van der Waals surface area contributed by atoms with Gasteiger partial charge in [-0.3, -0.25) is 4.79 Å². The summed E-state index contributed by atoms with van der Waals surface area (Å²) in [6, 6.07) is 6.72.